The Hall–Kier alpha value is -6.04. The number of aldehydes is 1. The van der Waals surface area contributed by atoms with E-state index in [2.05, 4.69) is 67.6 Å². The van der Waals surface area contributed by atoms with E-state index in [1.54, 1.807) is 26.2 Å². The molecule has 1 atom stereocenters. The van der Waals surface area contributed by atoms with Gasteiger partial charge in [-0.25, -0.2) is 31.1 Å². The maximum Gasteiger partial charge on any atom is 0.417 e. The first kappa shape index (κ1) is 53.3. The number of carbonyl (C=O) groups excluding carboxylic acids is 1. The molecule has 0 aliphatic rings. The third-order valence-corrected chi connectivity index (χ3v) is 14.3. The number of anilines is 2. The Kier molecular flexibility index (Phi) is 16.4. The number of aromatic nitrogens is 8. The summed E-state index contributed by atoms with van der Waals surface area (Å²) in [6, 6.07) is 10.7. The summed E-state index contributed by atoms with van der Waals surface area (Å²) in [5.41, 5.74) is -0.332. The van der Waals surface area contributed by atoms with Gasteiger partial charge in [-0.3, -0.25) is 29.7 Å². The topological polar surface area (TPSA) is 239 Å². The average Bonchev–Trinajstić information content (AvgIpc) is 3.99. The number of hydrogen-bond donors (Lipinski definition) is 4. The van der Waals surface area contributed by atoms with Crippen LogP contribution >= 0.6 is 45.8 Å². The summed E-state index contributed by atoms with van der Waals surface area (Å²) in [5, 5.41) is 24.5. The highest BCUT2D eigenvalue weighted by molar-refractivity contribution is 14.1. The van der Waals surface area contributed by atoms with Crippen LogP contribution in [-0.2, 0) is 37.1 Å². The van der Waals surface area contributed by atoms with Crippen molar-refractivity contribution in [2.45, 2.75) is 42.1 Å². The van der Waals surface area contributed by atoms with E-state index in [1.807, 2.05) is 6.07 Å². The Morgan fingerprint density at radius 1 is 0.771 bits per heavy atom. The minimum Gasteiger partial charge on any atom is -0.382 e. The van der Waals surface area contributed by atoms with Crippen LogP contribution in [-0.4, -0.2) is 82.4 Å². The molecule has 2 aromatic carbocycles. The number of nitrogens with one attached hydrogen (secondary N) is 3. The van der Waals surface area contributed by atoms with Crippen LogP contribution in [0, 0.1) is 17.4 Å². The lowest BCUT2D eigenvalue weighted by molar-refractivity contribution is -0.138. The van der Waals surface area contributed by atoms with Crippen LogP contribution in [0.3, 0.4) is 0 Å². The molecule has 0 aliphatic carbocycles. The number of sulfonamides is 2. The molecule has 17 nitrogen and oxygen atoms in total. The fraction of sp³-hybridized carbons (Fsp3) is 0.167. The second-order valence-electron chi connectivity index (χ2n) is 14.5. The van der Waals surface area contributed by atoms with Gasteiger partial charge in [-0.1, -0.05) is 23.2 Å². The molecule has 0 radical (unpaired) electrons. The van der Waals surface area contributed by atoms with Gasteiger partial charge in [0.25, 0.3) is 20.0 Å². The van der Waals surface area contributed by atoms with E-state index in [4.69, 9.17) is 27.9 Å². The number of methoxy groups -OCH3 is 1. The lowest BCUT2D eigenvalue weighted by Gasteiger charge is -2.25. The molecule has 0 amide bonds. The van der Waals surface area contributed by atoms with Gasteiger partial charge < -0.3 is 9.84 Å². The summed E-state index contributed by atoms with van der Waals surface area (Å²) >= 11 is 13.4. The van der Waals surface area contributed by atoms with E-state index in [-0.39, 0.29) is 22.8 Å². The number of aromatic amines is 2. The van der Waals surface area contributed by atoms with Gasteiger partial charge in [0, 0.05) is 46.4 Å². The van der Waals surface area contributed by atoms with Gasteiger partial charge in [-0.05, 0) is 108 Å². The van der Waals surface area contributed by atoms with Crippen molar-refractivity contribution in [1.82, 2.24) is 40.3 Å². The summed E-state index contributed by atoms with van der Waals surface area (Å²) in [6.45, 7) is 2.72. The first-order valence-electron chi connectivity index (χ1n) is 19.4. The zero-order valence-corrected chi connectivity index (χ0v) is 41.1. The molecule has 0 aliphatic heterocycles. The normalized spacial score (nSPS) is 12.4. The predicted molar refractivity (Wildman–Crippen MR) is 253 cm³/mol. The maximum atomic E-state index is 13.2. The zero-order valence-electron chi connectivity index (χ0n) is 35.8. The van der Waals surface area contributed by atoms with Crippen molar-refractivity contribution in [2.75, 3.05) is 22.9 Å². The molecule has 1 unspecified atom stereocenters. The van der Waals surface area contributed by atoms with E-state index in [0.717, 1.165) is 35.3 Å². The highest BCUT2D eigenvalue weighted by atomic mass is 127. The minimum absolute atomic E-state index is 0.0529. The Morgan fingerprint density at radius 2 is 1.31 bits per heavy atom. The number of aliphatic hydroxyl groups excluding tert-OH is 1. The SMILES string of the molecule is COCN(c1cc(C)cnc1C=O)S(=O)(=O)c1ccc(Cl)c(C(F)(F)F)c1.Cc1cnc(C(O)c2ccnc3[nH]ncc23)c(NS(=O)(=O)c2ccc(Cl)c(C(F)(F)F)c2)c1.Ic1ccnc2[nH]ncc12. The molecular weight excluding hydrogens is 1130 g/mol. The number of H-pyrrole nitrogens is 2. The van der Waals surface area contributed by atoms with Gasteiger partial charge in [-0.2, -0.15) is 36.5 Å². The summed E-state index contributed by atoms with van der Waals surface area (Å²) < 4.78 is 140. The molecule has 0 spiro atoms. The second-order valence-corrected chi connectivity index (χ2v) is 20.0. The van der Waals surface area contributed by atoms with Crippen molar-refractivity contribution in [1.29, 1.82) is 0 Å². The highest BCUT2D eigenvalue weighted by Crippen LogP contribution is 2.39. The molecule has 8 rings (SSSR count). The van der Waals surface area contributed by atoms with Crippen LogP contribution in [0.4, 0.5) is 37.7 Å². The molecule has 368 valence electrons. The summed E-state index contributed by atoms with van der Waals surface area (Å²) in [6.07, 6.45) is -1.51. The monoisotopic (exact) mass is 1160 g/mol. The third-order valence-electron chi connectivity index (χ3n) is 9.59. The minimum atomic E-state index is -4.84. The Bertz CT molecular complexity index is 3440. The Morgan fingerprint density at radius 3 is 1.90 bits per heavy atom. The summed E-state index contributed by atoms with van der Waals surface area (Å²) in [5.74, 6) is 0. The highest BCUT2D eigenvalue weighted by Gasteiger charge is 2.37. The van der Waals surface area contributed by atoms with Crippen LogP contribution < -0.4 is 9.03 Å². The van der Waals surface area contributed by atoms with E-state index < -0.39 is 76.2 Å². The van der Waals surface area contributed by atoms with Gasteiger partial charge >= 0.3 is 12.4 Å². The first-order valence-corrected chi connectivity index (χ1v) is 24.2. The molecule has 4 N–H and O–H groups in total. The van der Waals surface area contributed by atoms with E-state index in [0.29, 0.717) is 50.4 Å². The van der Waals surface area contributed by atoms with Crippen molar-refractivity contribution in [3.63, 3.8) is 0 Å². The number of halogens is 9. The molecule has 0 saturated carbocycles. The van der Waals surface area contributed by atoms with Gasteiger partial charge in [0.1, 0.15) is 18.5 Å². The van der Waals surface area contributed by atoms with Crippen molar-refractivity contribution in [3.05, 3.63) is 151 Å². The maximum absolute atomic E-state index is 13.2. The van der Waals surface area contributed by atoms with Crippen LogP contribution in [0.5, 0.6) is 0 Å². The van der Waals surface area contributed by atoms with Crippen LogP contribution in [0.1, 0.15) is 50.1 Å². The van der Waals surface area contributed by atoms with Gasteiger partial charge in [0.05, 0.1) is 65.8 Å². The first-order chi connectivity index (χ1) is 32.9. The van der Waals surface area contributed by atoms with Crippen LogP contribution in [0.2, 0.25) is 10.0 Å². The lowest BCUT2D eigenvalue weighted by atomic mass is 10.0. The van der Waals surface area contributed by atoms with Crippen molar-refractivity contribution < 1.29 is 57.8 Å². The molecule has 0 fully saturated rings. The number of fused-ring (bicyclic) bond motifs is 2. The third kappa shape index (κ3) is 12.1. The van der Waals surface area contributed by atoms with Crippen LogP contribution in [0.25, 0.3) is 22.1 Å². The average molecular weight is 1170 g/mol. The van der Waals surface area contributed by atoms with Gasteiger partial charge in [-0.15, -0.1) is 0 Å². The van der Waals surface area contributed by atoms with Crippen molar-refractivity contribution >= 4 is 106 Å². The number of alkyl halides is 6. The van der Waals surface area contributed by atoms with Crippen LogP contribution in [0.15, 0.2) is 108 Å². The van der Waals surface area contributed by atoms with E-state index in [9.17, 15) is 53.1 Å². The number of nitrogens with zero attached hydrogens (tertiary/aromatic N) is 7. The molecular formula is C42H33Cl2F6IN10O7S2. The Balaban J connectivity index is 0.000000194. The standard InChI is InChI=1S/C20H15ClF3N5O3S.C16H14ClF3N2O4S.C6H4IN3/c1-10-6-16(29-33(31,32)11-2-3-15(21)14(7-11)20(22,23)24)17(26-8-10)18(30)12-4-5-25-19-13(12)9-27-28-19;1-10-5-15(14(8-23)21-7-10)22(9-26-2)27(24,25)11-3-4-13(17)12(6-11)16(18,19)20;7-5-1-2-8-6-4(5)3-9-10-6/h2-9,18,29-30H,1H3,(H,25,27,28);3-8H,9H2,1-2H3;1-3H,(H,8,9,10). The molecule has 0 bridgehead atoms. The van der Waals surface area contributed by atoms with E-state index in [1.165, 1.54) is 53.7 Å². The van der Waals surface area contributed by atoms with Crippen molar-refractivity contribution in [3.8, 4) is 0 Å². The number of rotatable bonds is 11. The molecule has 70 heavy (non-hydrogen) atoms. The largest absolute Gasteiger partial charge is 0.417 e. The molecule has 0 saturated heterocycles. The molecule has 6 aromatic heterocycles. The number of carbonyl (C=O) groups is 1. The second kappa shape index (κ2) is 21.5. The molecule has 28 heteroatoms. The fourth-order valence-corrected chi connectivity index (χ4v) is 9.80. The summed E-state index contributed by atoms with van der Waals surface area (Å²) in [7, 11) is -7.80. The number of benzene rings is 2. The number of aryl methyl sites for hydroxylation is 2. The van der Waals surface area contributed by atoms with Gasteiger partial charge in [0.2, 0.25) is 0 Å². The number of aliphatic hydroxyl groups is 1. The zero-order chi connectivity index (χ0) is 51.3. The fourth-order valence-electron chi connectivity index (χ4n) is 6.30. The summed E-state index contributed by atoms with van der Waals surface area (Å²) in [4.78, 5) is 26.1. The molecule has 6 heterocycles. The Labute approximate surface area is 416 Å². The predicted octanol–water partition coefficient (Wildman–Crippen LogP) is 9.45. The van der Waals surface area contributed by atoms with Crippen molar-refractivity contribution in [2.24, 2.45) is 0 Å². The number of ether oxygens (including phenoxy) is 1. The molecule has 8 aromatic rings. The van der Waals surface area contributed by atoms with Gasteiger partial charge in [0.15, 0.2) is 17.6 Å². The van der Waals surface area contributed by atoms with E-state index >= 15 is 0 Å². The number of pyridine rings is 4. The smallest absolute Gasteiger partial charge is 0.382 e. The lowest BCUT2D eigenvalue weighted by Crippen LogP contribution is -2.34. The number of hydrogen-bond acceptors (Lipinski definition) is 13. The quantitative estimate of drug-likeness (QED) is 0.0409.